The van der Waals surface area contributed by atoms with E-state index in [1.54, 1.807) is 12.1 Å². The molecule has 1 saturated carbocycles. The van der Waals surface area contributed by atoms with E-state index in [9.17, 15) is 9.50 Å². The Bertz CT molecular complexity index is 978. The molecule has 1 aliphatic rings. The summed E-state index contributed by atoms with van der Waals surface area (Å²) < 4.78 is 21.6. The molecule has 31 heavy (non-hydrogen) atoms. The number of aromatic nitrogens is 2. The maximum Gasteiger partial charge on any atom is 0.227 e. The first-order valence-corrected chi connectivity index (χ1v) is 11.0. The number of ether oxygens (including phenoxy) is 1. The van der Waals surface area contributed by atoms with Crippen LogP contribution >= 0.6 is 0 Å². The van der Waals surface area contributed by atoms with Crippen LogP contribution in [0.2, 0.25) is 0 Å². The number of hydrogen-bond acceptors (Lipinski definition) is 4. The average molecular weight is 424 g/mol. The van der Waals surface area contributed by atoms with Crippen LogP contribution in [0.1, 0.15) is 37.9 Å². The third-order valence-corrected chi connectivity index (χ3v) is 5.50. The Morgan fingerprint density at radius 2 is 1.87 bits per heavy atom. The van der Waals surface area contributed by atoms with Gasteiger partial charge in [0.1, 0.15) is 11.6 Å². The van der Waals surface area contributed by atoms with Crippen LogP contribution in [0.3, 0.4) is 0 Å². The second kappa shape index (κ2) is 9.62. The lowest BCUT2D eigenvalue weighted by Gasteiger charge is -2.24. The molecule has 6 heteroatoms. The molecule has 1 N–H and O–H groups in total. The van der Waals surface area contributed by atoms with E-state index in [1.807, 2.05) is 41.9 Å². The zero-order valence-corrected chi connectivity index (χ0v) is 18.2. The summed E-state index contributed by atoms with van der Waals surface area (Å²) in [6.45, 7) is 6.12. The van der Waals surface area contributed by atoms with Gasteiger partial charge in [-0.2, -0.15) is 5.10 Å². The first kappa shape index (κ1) is 21.5. The number of aryl methyl sites for hydroxylation is 1. The number of aliphatic hydroxyl groups excluding tert-OH is 1. The number of hydrogen-bond donors (Lipinski definition) is 1. The van der Waals surface area contributed by atoms with E-state index in [0.717, 1.165) is 29.9 Å². The van der Waals surface area contributed by atoms with Gasteiger partial charge in [0.05, 0.1) is 23.0 Å². The number of benzene rings is 2. The molecule has 3 aromatic rings. The van der Waals surface area contributed by atoms with Crippen LogP contribution in [-0.2, 0) is 13.0 Å². The zero-order valence-electron chi connectivity index (χ0n) is 18.2. The first-order chi connectivity index (χ1) is 15.0. The largest absolute Gasteiger partial charge is 0.439 e. The number of halogens is 1. The van der Waals surface area contributed by atoms with Crippen molar-refractivity contribution in [1.82, 2.24) is 14.7 Å². The van der Waals surface area contributed by atoms with Crippen molar-refractivity contribution in [2.75, 3.05) is 13.1 Å². The smallest absolute Gasteiger partial charge is 0.227 e. The van der Waals surface area contributed by atoms with Crippen LogP contribution < -0.4 is 4.74 Å². The Balaban J connectivity index is 1.74. The SMILES string of the molecule is CCc1nn(-c2ccccc2)c(Oc2ccc(F)cc2)c1CN(CC1CC1)C[C@H](C)O. The van der Waals surface area contributed by atoms with E-state index in [1.165, 1.54) is 25.0 Å². The molecule has 4 rings (SSSR count). The summed E-state index contributed by atoms with van der Waals surface area (Å²) in [4.78, 5) is 2.30. The summed E-state index contributed by atoms with van der Waals surface area (Å²) in [5.74, 6) is 1.60. The molecule has 164 valence electrons. The van der Waals surface area contributed by atoms with Crippen LogP contribution in [0.15, 0.2) is 54.6 Å². The molecule has 5 nitrogen and oxygen atoms in total. The van der Waals surface area contributed by atoms with E-state index >= 15 is 0 Å². The van der Waals surface area contributed by atoms with Gasteiger partial charge in [-0.05, 0) is 68.5 Å². The Labute approximate surface area is 183 Å². The van der Waals surface area contributed by atoms with Crippen LogP contribution in [0, 0.1) is 11.7 Å². The maximum atomic E-state index is 13.4. The molecule has 1 heterocycles. The summed E-state index contributed by atoms with van der Waals surface area (Å²) in [6, 6.07) is 15.9. The van der Waals surface area contributed by atoms with E-state index in [0.29, 0.717) is 30.6 Å². The topological polar surface area (TPSA) is 50.5 Å². The molecule has 0 radical (unpaired) electrons. The van der Waals surface area contributed by atoms with Crippen molar-refractivity contribution in [2.45, 2.75) is 45.8 Å². The lowest BCUT2D eigenvalue weighted by Crippen LogP contribution is -2.32. The van der Waals surface area contributed by atoms with Gasteiger partial charge in [-0.25, -0.2) is 9.07 Å². The fourth-order valence-electron chi connectivity index (χ4n) is 3.85. The van der Waals surface area contributed by atoms with Gasteiger partial charge in [0.2, 0.25) is 5.88 Å². The molecule has 2 aromatic carbocycles. The Morgan fingerprint density at radius 3 is 2.48 bits per heavy atom. The monoisotopic (exact) mass is 423 g/mol. The van der Waals surface area contributed by atoms with E-state index < -0.39 is 6.10 Å². The highest BCUT2D eigenvalue weighted by Crippen LogP contribution is 2.34. The zero-order chi connectivity index (χ0) is 21.8. The standard InChI is InChI=1S/C25H30FN3O2/c1-3-24-23(17-28(15-18(2)30)16-19-9-10-19)25(31-22-13-11-20(26)12-14-22)29(27-24)21-7-5-4-6-8-21/h4-8,11-14,18-19,30H,3,9-10,15-17H2,1-2H3/t18-/m0/s1. The Morgan fingerprint density at radius 1 is 1.16 bits per heavy atom. The molecule has 0 bridgehead atoms. The van der Waals surface area contributed by atoms with Crippen molar-refractivity contribution in [1.29, 1.82) is 0 Å². The average Bonchev–Trinajstić information content (AvgIpc) is 3.51. The van der Waals surface area contributed by atoms with Crippen LogP contribution in [0.5, 0.6) is 11.6 Å². The minimum absolute atomic E-state index is 0.300. The summed E-state index contributed by atoms with van der Waals surface area (Å²) in [5, 5.41) is 14.9. The molecule has 1 aliphatic carbocycles. The molecule has 1 atom stereocenters. The summed E-state index contributed by atoms with van der Waals surface area (Å²) >= 11 is 0. The molecule has 0 amide bonds. The molecule has 1 aromatic heterocycles. The highest BCUT2D eigenvalue weighted by atomic mass is 19.1. The maximum absolute atomic E-state index is 13.4. The molecule has 1 fully saturated rings. The predicted octanol–water partition coefficient (Wildman–Crippen LogP) is 4.96. The number of para-hydroxylation sites is 1. The van der Waals surface area contributed by atoms with Crippen molar-refractivity contribution in [2.24, 2.45) is 5.92 Å². The number of nitrogens with zero attached hydrogens (tertiary/aromatic N) is 3. The predicted molar refractivity (Wildman–Crippen MR) is 119 cm³/mol. The minimum Gasteiger partial charge on any atom is -0.439 e. The van der Waals surface area contributed by atoms with E-state index in [-0.39, 0.29) is 5.82 Å². The molecule has 0 spiro atoms. The van der Waals surface area contributed by atoms with Crippen molar-refractivity contribution in [3.63, 3.8) is 0 Å². The normalized spacial score (nSPS) is 14.7. The van der Waals surface area contributed by atoms with Gasteiger partial charge >= 0.3 is 0 Å². The second-order valence-electron chi connectivity index (χ2n) is 8.37. The Hall–Kier alpha value is -2.70. The van der Waals surface area contributed by atoms with Crippen molar-refractivity contribution < 1.29 is 14.2 Å². The molecule has 0 saturated heterocycles. The first-order valence-electron chi connectivity index (χ1n) is 11.0. The third-order valence-electron chi connectivity index (χ3n) is 5.50. The van der Waals surface area contributed by atoms with Crippen LogP contribution in [0.4, 0.5) is 4.39 Å². The van der Waals surface area contributed by atoms with Gasteiger partial charge < -0.3 is 9.84 Å². The fourth-order valence-corrected chi connectivity index (χ4v) is 3.85. The lowest BCUT2D eigenvalue weighted by atomic mass is 10.1. The van der Waals surface area contributed by atoms with Crippen LogP contribution in [-0.4, -0.2) is 39.0 Å². The summed E-state index contributed by atoms with van der Waals surface area (Å²) in [6.07, 6.45) is 2.86. The van der Waals surface area contributed by atoms with Crippen molar-refractivity contribution >= 4 is 0 Å². The molecule has 0 aliphatic heterocycles. The lowest BCUT2D eigenvalue weighted by molar-refractivity contribution is 0.118. The van der Waals surface area contributed by atoms with Gasteiger partial charge in [0, 0.05) is 19.6 Å². The summed E-state index contributed by atoms with van der Waals surface area (Å²) in [7, 11) is 0. The van der Waals surface area contributed by atoms with Gasteiger partial charge in [-0.3, -0.25) is 4.90 Å². The number of rotatable bonds is 10. The van der Waals surface area contributed by atoms with Crippen molar-refractivity contribution in [3.05, 3.63) is 71.7 Å². The molecular weight excluding hydrogens is 393 g/mol. The van der Waals surface area contributed by atoms with Crippen LogP contribution in [0.25, 0.3) is 5.69 Å². The minimum atomic E-state index is -0.408. The quantitative estimate of drug-likeness (QED) is 0.501. The van der Waals surface area contributed by atoms with Gasteiger partial charge in [0.15, 0.2) is 0 Å². The summed E-state index contributed by atoms with van der Waals surface area (Å²) in [5.41, 5.74) is 2.88. The third kappa shape index (κ3) is 5.51. The highest BCUT2D eigenvalue weighted by molar-refractivity contribution is 5.43. The molecule has 0 unspecified atom stereocenters. The fraction of sp³-hybridized carbons (Fsp3) is 0.400. The Kier molecular flexibility index (Phi) is 6.68. The molecular formula is C25H30FN3O2. The van der Waals surface area contributed by atoms with Gasteiger partial charge in [0.25, 0.3) is 0 Å². The van der Waals surface area contributed by atoms with E-state index in [4.69, 9.17) is 9.84 Å². The highest BCUT2D eigenvalue weighted by Gasteiger charge is 2.28. The van der Waals surface area contributed by atoms with E-state index in [2.05, 4.69) is 11.8 Å². The number of aliphatic hydroxyl groups is 1. The van der Waals surface area contributed by atoms with Gasteiger partial charge in [-0.15, -0.1) is 0 Å². The van der Waals surface area contributed by atoms with Gasteiger partial charge in [-0.1, -0.05) is 25.1 Å². The van der Waals surface area contributed by atoms with Crippen molar-refractivity contribution in [3.8, 4) is 17.3 Å². The second-order valence-corrected chi connectivity index (χ2v) is 8.37.